The summed E-state index contributed by atoms with van der Waals surface area (Å²) < 4.78 is 5.23. The van der Waals surface area contributed by atoms with Gasteiger partial charge in [-0.05, 0) is 12.1 Å². The normalized spacial score (nSPS) is 15.2. The molecule has 0 aromatic carbocycles. The van der Waals surface area contributed by atoms with E-state index in [-0.39, 0.29) is 5.91 Å². The summed E-state index contributed by atoms with van der Waals surface area (Å²) in [6.07, 6.45) is 0. The van der Waals surface area contributed by atoms with E-state index < -0.39 is 0 Å². The molecule has 1 aromatic heterocycles. The predicted molar refractivity (Wildman–Crippen MR) is 46.5 cm³/mol. The van der Waals surface area contributed by atoms with Crippen molar-refractivity contribution in [1.82, 2.24) is 10.3 Å². The largest absolute Gasteiger partial charge is 0.475 e. The second-order valence-corrected chi connectivity index (χ2v) is 2.69. The lowest BCUT2D eigenvalue weighted by atomic mass is 10.2. The minimum absolute atomic E-state index is 0.167. The summed E-state index contributed by atoms with van der Waals surface area (Å²) in [5, 5.41) is 2.68. The molecule has 0 bridgehead atoms. The first kappa shape index (κ1) is 7.85. The number of fused-ring (bicyclic) bond motifs is 1. The van der Waals surface area contributed by atoms with Gasteiger partial charge in [0.05, 0.1) is 6.54 Å². The van der Waals surface area contributed by atoms with Crippen molar-refractivity contribution in [3.05, 3.63) is 17.7 Å². The van der Waals surface area contributed by atoms with Crippen LogP contribution in [0.2, 0.25) is 0 Å². The minimum Gasteiger partial charge on any atom is -0.475 e. The highest BCUT2D eigenvalue weighted by molar-refractivity contribution is 5.96. The van der Waals surface area contributed by atoms with Crippen LogP contribution in [0.4, 0.5) is 5.82 Å². The Morgan fingerprint density at radius 3 is 3.23 bits per heavy atom. The number of anilines is 1. The summed E-state index contributed by atoms with van der Waals surface area (Å²) in [7, 11) is 0. The van der Waals surface area contributed by atoms with E-state index in [2.05, 4.69) is 10.3 Å². The summed E-state index contributed by atoms with van der Waals surface area (Å²) in [4.78, 5) is 15.3. The molecular weight excluding hydrogens is 170 g/mol. The number of amides is 1. The highest BCUT2D eigenvalue weighted by Gasteiger charge is 2.16. The van der Waals surface area contributed by atoms with Gasteiger partial charge in [-0.3, -0.25) is 4.79 Å². The average Bonchev–Trinajstić information content (AvgIpc) is 2.28. The first-order valence-electron chi connectivity index (χ1n) is 3.95. The third kappa shape index (κ3) is 1.40. The van der Waals surface area contributed by atoms with Gasteiger partial charge in [-0.1, -0.05) is 0 Å². The zero-order valence-corrected chi connectivity index (χ0v) is 6.91. The molecule has 0 aliphatic carbocycles. The van der Waals surface area contributed by atoms with E-state index in [9.17, 15) is 4.79 Å². The van der Waals surface area contributed by atoms with Crippen molar-refractivity contribution in [3.63, 3.8) is 0 Å². The van der Waals surface area contributed by atoms with E-state index >= 15 is 0 Å². The van der Waals surface area contributed by atoms with E-state index in [0.29, 0.717) is 30.4 Å². The molecule has 3 N–H and O–H groups in total. The van der Waals surface area contributed by atoms with Crippen LogP contribution in [-0.4, -0.2) is 24.0 Å². The first-order valence-corrected chi connectivity index (χ1v) is 3.95. The summed E-state index contributed by atoms with van der Waals surface area (Å²) >= 11 is 0. The second-order valence-electron chi connectivity index (χ2n) is 2.69. The van der Waals surface area contributed by atoms with Gasteiger partial charge < -0.3 is 15.8 Å². The Labute approximate surface area is 74.9 Å². The molecule has 5 nitrogen and oxygen atoms in total. The van der Waals surface area contributed by atoms with E-state index in [1.807, 2.05) is 0 Å². The Hall–Kier alpha value is -1.78. The van der Waals surface area contributed by atoms with Crippen LogP contribution in [0.15, 0.2) is 12.1 Å². The standard InChI is InChI=1S/C8H9N3O2/c9-6-2-1-5-7(12)10-3-4-13-8(5)11-6/h1-2H,3-4H2,(H2,9,11)(H,10,12). The topological polar surface area (TPSA) is 77.2 Å². The Kier molecular flexibility index (Phi) is 1.77. The number of nitrogens with one attached hydrogen (secondary N) is 1. The van der Waals surface area contributed by atoms with Crippen LogP contribution in [0.3, 0.4) is 0 Å². The van der Waals surface area contributed by atoms with Gasteiger partial charge in [0.1, 0.15) is 18.0 Å². The maximum absolute atomic E-state index is 11.3. The third-order valence-corrected chi connectivity index (χ3v) is 1.75. The number of nitrogen functional groups attached to an aromatic ring is 1. The quantitative estimate of drug-likeness (QED) is 0.577. The van der Waals surface area contributed by atoms with Crippen LogP contribution in [-0.2, 0) is 0 Å². The Bertz CT molecular complexity index is 351. The number of carbonyl (C=O) groups excluding carboxylic acids is 1. The van der Waals surface area contributed by atoms with E-state index in [0.717, 1.165) is 0 Å². The van der Waals surface area contributed by atoms with Gasteiger partial charge in [0.15, 0.2) is 0 Å². The number of rotatable bonds is 0. The number of hydrogen-bond donors (Lipinski definition) is 2. The average molecular weight is 179 g/mol. The fraction of sp³-hybridized carbons (Fsp3) is 0.250. The van der Waals surface area contributed by atoms with E-state index in [1.165, 1.54) is 0 Å². The van der Waals surface area contributed by atoms with Gasteiger partial charge in [-0.25, -0.2) is 0 Å². The van der Waals surface area contributed by atoms with Crippen LogP contribution in [0.25, 0.3) is 0 Å². The number of nitrogens with two attached hydrogens (primary N) is 1. The van der Waals surface area contributed by atoms with Gasteiger partial charge in [-0.15, -0.1) is 0 Å². The number of nitrogens with zero attached hydrogens (tertiary/aromatic N) is 1. The molecular formula is C8H9N3O2. The molecule has 1 aromatic rings. The summed E-state index contributed by atoms with van der Waals surface area (Å²) in [5.41, 5.74) is 5.89. The van der Waals surface area contributed by atoms with Crippen LogP contribution in [0.1, 0.15) is 10.4 Å². The molecule has 0 fully saturated rings. The fourth-order valence-electron chi connectivity index (χ4n) is 1.15. The number of hydrogen-bond acceptors (Lipinski definition) is 4. The molecule has 0 saturated carbocycles. The maximum atomic E-state index is 11.3. The summed E-state index contributed by atoms with van der Waals surface area (Å²) in [6, 6.07) is 3.19. The molecule has 5 heteroatoms. The molecule has 0 spiro atoms. The molecule has 1 aliphatic heterocycles. The molecule has 2 rings (SSSR count). The molecule has 2 heterocycles. The number of ether oxygens (including phenoxy) is 1. The Morgan fingerprint density at radius 1 is 1.54 bits per heavy atom. The van der Waals surface area contributed by atoms with Gasteiger partial charge in [0.2, 0.25) is 5.88 Å². The van der Waals surface area contributed by atoms with Crippen molar-refractivity contribution in [2.24, 2.45) is 0 Å². The fourth-order valence-corrected chi connectivity index (χ4v) is 1.15. The zero-order chi connectivity index (χ0) is 9.26. The van der Waals surface area contributed by atoms with Crippen molar-refractivity contribution < 1.29 is 9.53 Å². The minimum atomic E-state index is -0.167. The van der Waals surface area contributed by atoms with Gasteiger partial charge in [0.25, 0.3) is 5.91 Å². The van der Waals surface area contributed by atoms with Crippen LogP contribution >= 0.6 is 0 Å². The number of pyridine rings is 1. The molecule has 13 heavy (non-hydrogen) atoms. The molecule has 1 amide bonds. The second kappa shape index (κ2) is 2.93. The Morgan fingerprint density at radius 2 is 2.38 bits per heavy atom. The molecule has 0 saturated heterocycles. The molecule has 0 atom stereocenters. The van der Waals surface area contributed by atoms with Crippen molar-refractivity contribution in [1.29, 1.82) is 0 Å². The van der Waals surface area contributed by atoms with Crippen LogP contribution < -0.4 is 15.8 Å². The SMILES string of the molecule is Nc1ccc2c(n1)OCCNC2=O. The van der Waals surface area contributed by atoms with E-state index in [4.69, 9.17) is 10.5 Å². The number of aromatic nitrogens is 1. The summed E-state index contributed by atoms with van der Waals surface area (Å²) in [6.45, 7) is 0.921. The van der Waals surface area contributed by atoms with Crippen molar-refractivity contribution in [3.8, 4) is 5.88 Å². The smallest absolute Gasteiger partial charge is 0.256 e. The lowest BCUT2D eigenvalue weighted by Crippen LogP contribution is -2.24. The molecule has 0 radical (unpaired) electrons. The first-order chi connectivity index (χ1) is 6.27. The van der Waals surface area contributed by atoms with Crippen molar-refractivity contribution >= 4 is 11.7 Å². The highest BCUT2D eigenvalue weighted by atomic mass is 16.5. The zero-order valence-electron chi connectivity index (χ0n) is 6.91. The molecule has 0 unspecified atom stereocenters. The van der Waals surface area contributed by atoms with Crippen LogP contribution in [0.5, 0.6) is 5.88 Å². The lowest BCUT2D eigenvalue weighted by Gasteiger charge is -2.03. The van der Waals surface area contributed by atoms with Crippen molar-refractivity contribution in [2.45, 2.75) is 0 Å². The Balaban J connectivity index is 2.48. The molecule has 1 aliphatic rings. The monoisotopic (exact) mass is 179 g/mol. The highest BCUT2D eigenvalue weighted by Crippen LogP contribution is 2.18. The third-order valence-electron chi connectivity index (χ3n) is 1.75. The van der Waals surface area contributed by atoms with Crippen LogP contribution in [0, 0.1) is 0 Å². The number of carbonyl (C=O) groups is 1. The van der Waals surface area contributed by atoms with E-state index in [1.54, 1.807) is 12.1 Å². The maximum Gasteiger partial charge on any atom is 0.256 e. The summed E-state index contributed by atoms with van der Waals surface area (Å²) in [5.74, 6) is 0.503. The van der Waals surface area contributed by atoms with Gasteiger partial charge >= 0.3 is 0 Å². The van der Waals surface area contributed by atoms with Gasteiger partial charge in [0, 0.05) is 0 Å². The molecule has 68 valence electrons. The predicted octanol–water partition coefficient (Wildman–Crippen LogP) is -0.214. The lowest BCUT2D eigenvalue weighted by molar-refractivity contribution is 0.0957. The van der Waals surface area contributed by atoms with Gasteiger partial charge in [-0.2, -0.15) is 4.98 Å². The van der Waals surface area contributed by atoms with Crippen molar-refractivity contribution in [2.75, 3.05) is 18.9 Å².